The Morgan fingerprint density at radius 2 is 1.86 bits per heavy atom. The van der Waals surface area contributed by atoms with E-state index in [1.807, 2.05) is 0 Å². The van der Waals surface area contributed by atoms with E-state index in [0.717, 1.165) is 6.54 Å². The molecule has 0 radical (unpaired) electrons. The van der Waals surface area contributed by atoms with Gasteiger partial charge in [0, 0.05) is 13.2 Å². The number of ether oxygens (including phenoxy) is 1. The zero-order valence-electron chi connectivity index (χ0n) is 10.7. The topological polar surface area (TPSA) is 21.3 Å². The van der Waals surface area contributed by atoms with Gasteiger partial charge in [-0.1, -0.05) is 27.7 Å². The molecule has 2 atom stereocenters. The van der Waals surface area contributed by atoms with E-state index >= 15 is 0 Å². The van der Waals surface area contributed by atoms with E-state index in [1.54, 1.807) is 7.11 Å². The average Bonchev–Trinajstić information content (AvgIpc) is 2.09. The number of rotatable bonds is 6. The van der Waals surface area contributed by atoms with Crippen molar-refractivity contribution in [2.24, 2.45) is 5.41 Å². The van der Waals surface area contributed by atoms with Gasteiger partial charge in [-0.3, -0.25) is 0 Å². The van der Waals surface area contributed by atoms with Crippen LogP contribution in [0.15, 0.2) is 0 Å². The summed E-state index contributed by atoms with van der Waals surface area (Å²) < 4.78 is 5.37. The van der Waals surface area contributed by atoms with Gasteiger partial charge in [0.2, 0.25) is 0 Å². The molecule has 0 aliphatic heterocycles. The van der Waals surface area contributed by atoms with Crippen molar-refractivity contribution in [3.8, 4) is 0 Å². The molecule has 0 aliphatic rings. The van der Waals surface area contributed by atoms with E-state index in [0.29, 0.717) is 17.6 Å². The first-order valence-electron chi connectivity index (χ1n) is 5.67. The van der Waals surface area contributed by atoms with Gasteiger partial charge >= 0.3 is 0 Å². The molecular weight excluding hydrogens is 174 g/mol. The molecule has 0 aliphatic carbocycles. The largest absolute Gasteiger partial charge is 0.380 e. The molecule has 0 amide bonds. The number of nitrogens with one attached hydrogen (secondary N) is 1. The lowest BCUT2D eigenvalue weighted by molar-refractivity contribution is 0.0763. The van der Waals surface area contributed by atoms with Crippen molar-refractivity contribution in [2.45, 2.75) is 59.6 Å². The van der Waals surface area contributed by atoms with Crippen LogP contribution < -0.4 is 5.32 Å². The van der Waals surface area contributed by atoms with Crippen molar-refractivity contribution in [3.05, 3.63) is 0 Å². The minimum atomic E-state index is 0.303. The van der Waals surface area contributed by atoms with Crippen LogP contribution in [0, 0.1) is 5.41 Å². The third-order valence-electron chi connectivity index (χ3n) is 2.61. The Hall–Kier alpha value is -0.0800. The lowest BCUT2D eigenvalue weighted by atomic mass is 9.88. The smallest absolute Gasteiger partial charge is 0.0696 e. The molecule has 0 spiro atoms. The Bertz CT molecular complexity index is 140. The highest BCUT2D eigenvalue weighted by atomic mass is 16.5. The zero-order chi connectivity index (χ0) is 11.2. The van der Waals surface area contributed by atoms with E-state index in [-0.39, 0.29) is 0 Å². The molecule has 86 valence electrons. The summed E-state index contributed by atoms with van der Waals surface area (Å²) in [5, 5.41) is 3.48. The number of hydrogen-bond acceptors (Lipinski definition) is 2. The molecule has 2 unspecified atom stereocenters. The van der Waals surface area contributed by atoms with Gasteiger partial charge in [0.1, 0.15) is 0 Å². The highest BCUT2D eigenvalue weighted by molar-refractivity contribution is 4.75. The van der Waals surface area contributed by atoms with Crippen molar-refractivity contribution < 1.29 is 4.74 Å². The number of methoxy groups -OCH3 is 1. The molecule has 2 nitrogen and oxygen atoms in total. The Morgan fingerprint density at radius 1 is 1.29 bits per heavy atom. The van der Waals surface area contributed by atoms with Crippen molar-refractivity contribution >= 4 is 0 Å². The predicted molar refractivity (Wildman–Crippen MR) is 62.6 cm³/mol. The van der Waals surface area contributed by atoms with Crippen LogP contribution >= 0.6 is 0 Å². The molecule has 0 saturated heterocycles. The maximum Gasteiger partial charge on any atom is 0.0696 e. The van der Waals surface area contributed by atoms with Gasteiger partial charge in [0.15, 0.2) is 0 Å². The molecule has 1 N–H and O–H groups in total. The third kappa shape index (κ3) is 6.39. The van der Waals surface area contributed by atoms with Gasteiger partial charge in [0.05, 0.1) is 6.10 Å². The minimum absolute atomic E-state index is 0.303. The van der Waals surface area contributed by atoms with E-state index < -0.39 is 0 Å². The molecular formula is C12H27NO. The van der Waals surface area contributed by atoms with E-state index in [2.05, 4.69) is 39.9 Å². The van der Waals surface area contributed by atoms with Crippen LogP contribution in [0.3, 0.4) is 0 Å². The van der Waals surface area contributed by atoms with Crippen molar-refractivity contribution in [1.29, 1.82) is 0 Å². The third-order valence-corrected chi connectivity index (χ3v) is 2.61. The van der Waals surface area contributed by atoms with Crippen molar-refractivity contribution in [2.75, 3.05) is 13.7 Å². The molecule has 2 heteroatoms. The molecule has 0 aromatic rings. The first kappa shape index (κ1) is 13.9. The average molecular weight is 201 g/mol. The molecule has 0 saturated carbocycles. The summed E-state index contributed by atoms with van der Waals surface area (Å²) in [4.78, 5) is 0. The Kier molecular flexibility index (Phi) is 6.38. The summed E-state index contributed by atoms with van der Waals surface area (Å²) >= 11 is 0. The van der Waals surface area contributed by atoms with E-state index in [9.17, 15) is 0 Å². The maximum absolute atomic E-state index is 5.37. The standard InChI is InChI=1S/C12H27NO/c1-7-13-11(10(2)14-6)8-9-12(3,4)5/h10-11,13H,7-9H2,1-6H3. The summed E-state index contributed by atoms with van der Waals surface area (Å²) in [6.07, 6.45) is 2.72. The summed E-state index contributed by atoms with van der Waals surface area (Å²) in [5.74, 6) is 0. The van der Waals surface area contributed by atoms with Gasteiger partial charge in [-0.25, -0.2) is 0 Å². The molecule has 14 heavy (non-hydrogen) atoms. The molecule has 0 heterocycles. The van der Waals surface area contributed by atoms with Gasteiger partial charge in [-0.15, -0.1) is 0 Å². The lowest BCUT2D eigenvalue weighted by Gasteiger charge is -2.27. The second-order valence-corrected chi connectivity index (χ2v) is 5.20. The normalized spacial score (nSPS) is 16.7. The maximum atomic E-state index is 5.37. The highest BCUT2D eigenvalue weighted by Crippen LogP contribution is 2.22. The van der Waals surface area contributed by atoms with Crippen LogP contribution in [-0.4, -0.2) is 25.8 Å². The Morgan fingerprint density at radius 3 is 2.21 bits per heavy atom. The van der Waals surface area contributed by atoms with Crippen LogP contribution in [-0.2, 0) is 4.74 Å². The number of likely N-dealkylation sites (N-methyl/N-ethyl adjacent to an activating group) is 1. The van der Waals surface area contributed by atoms with Gasteiger partial charge in [0.25, 0.3) is 0 Å². The Labute approximate surface area is 89.4 Å². The monoisotopic (exact) mass is 201 g/mol. The van der Waals surface area contributed by atoms with Crippen LogP contribution in [0.2, 0.25) is 0 Å². The fourth-order valence-corrected chi connectivity index (χ4v) is 1.52. The number of hydrogen-bond donors (Lipinski definition) is 1. The van der Waals surface area contributed by atoms with Crippen LogP contribution in [0.1, 0.15) is 47.5 Å². The van der Waals surface area contributed by atoms with Crippen LogP contribution in [0.25, 0.3) is 0 Å². The first-order valence-corrected chi connectivity index (χ1v) is 5.67. The molecule has 0 aromatic heterocycles. The Balaban J connectivity index is 3.96. The second kappa shape index (κ2) is 6.41. The van der Waals surface area contributed by atoms with E-state index in [4.69, 9.17) is 4.74 Å². The summed E-state index contributed by atoms with van der Waals surface area (Å²) in [5.41, 5.74) is 0.418. The van der Waals surface area contributed by atoms with Crippen LogP contribution in [0.5, 0.6) is 0 Å². The van der Waals surface area contributed by atoms with E-state index in [1.165, 1.54) is 12.8 Å². The SMILES string of the molecule is CCNC(CCC(C)(C)C)C(C)OC. The summed E-state index contributed by atoms with van der Waals surface area (Å²) in [6, 6.07) is 0.490. The minimum Gasteiger partial charge on any atom is -0.380 e. The first-order chi connectivity index (χ1) is 6.40. The van der Waals surface area contributed by atoms with Crippen molar-refractivity contribution in [3.63, 3.8) is 0 Å². The molecule has 0 rings (SSSR count). The highest BCUT2D eigenvalue weighted by Gasteiger charge is 2.19. The zero-order valence-corrected chi connectivity index (χ0v) is 10.7. The molecule has 0 bridgehead atoms. The molecule has 0 aromatic carbocycles. The van der Waals surface area contributed by atoms with Crippen molar-refractivity contribution in [1.82, 2.24) is 5.32 Å². The quantitative estimate of drug-likeness (QED) is 0.713. The van der Waals surface area contributed by atoms with Gasteiger partial charge < -0.3 is 10.1 Å². The molecule has 0 fully saturated rings. The summed E-state index contributed by atoms with van der Waals surface area (Å²) in [6.45, 7) is 12.2. The lowest BCUT2D eigenvalue weighted by Crippen LogP contribution is -2.39. The fourth-order valence-electron chi connectivity index (χ4n) is 1.52. The second-order valence-electron chi connectivity index (χ2n) is 5.20. The summed E-state index contributed by atoms with van der Waals surface area (Å²) in [7, 11) is 1.78. The predicted octanol–water partition coefficient (Wildman–Crippen LogP) is 2.83. The van der Waals surface area contributed by atoms with Gasteiger partial charge in [-0.2, -0.15) is 0 Å². The van der Waals surface area contributed by atoms with Gasteiger partial charge in [-0.05, 0) is 31.7 Å². The fraction of sp³-hybridized carbons (Fsp3) is 1.00. The van der Waals surface area contributed by atoms with Crippen LogP contribution in [0.4, 0.5) is 0 Å².